The van der Waals surface area contributed by atoms with Crippen LogP contribution in [0.5, 0.6) is 0 Å². The first-order chi connectivity index (χ1) is 7.98. The van der Waals surface area contributed by atoms with Crippen molar-refractivity contribution in [2.24, 2.45) is 0 Å². The first-order valence-electron chi connectivity index (χ1n) is 5.41. The molecule has 0 aliphatic carbocycles. The van der Waals surface area contributed by atoms with Gasteiger partial charge in [0.1, 0.15) is 4.60 Å². The predicted octanol–water partition coefficient (Wildman–Crippen LogP) is 3.55. The van der Waals surface area contributed by atoms with Gasteiger partial charge in [0, 0.05) is 43.4 Å². The molecule has 1 aliphatic heterocycles. The molecule has 2 rings (SSSR count). The van der Waals surface area contributed by atoms with Crippen molar-refractivity contribution < 1.29 is 8.78 Å². The molecule has 0 N–H and O–H groups in total. The molecule has 1 fully saturated rings. The van der Waals surface area contributed by atoms with Crippen LogP contribution in [-0.2, 0) is 0 Å². The SMILES string of the molecule is C=C(c1ccc(Br)nc1)N1CCC(F)(F)CC1. The lowest BCUT2D eigenvalue weighted by molar-refractivity contribution is -0.0450. The van der Waals surface area contributed by atoms with Gasteiger partial charge >= 0.3 is 0 Å². The minimum absolute atomic E-state index is 0.101. The van der Waals surface area contributed by atoms with Gasteiger partial charge in [-0.25, -0.2) is 13.8 Å². The molecule has 0 saturated carbocycles. The Morgan fingerprint density at radius 1 is 1.35 bits per heavy atom. The predicted molar refractivity (Wildman–Crippen MR) is 66.7 cm³/mol. The third-order valence-corrected chi connectivity index (χ3v) is 3.41. The van der Waals surface area contributed by atoms with Gasteiger partial charge in [0.15, 0.2) is 0 Å². The standard InChI is InChI=1S/C12H13BrF2N2/c1-9(10-2-3-11(13)16-8-10)17-6-4-12(14,15)5-7-17/h2-3,8H,1,4-7H2. The molecule has 1 aromatic heterocycles. The third kappa shape index (κ3) is 3.03. The Morgan fingerprint density at radius 3 is 2.53 bits per heavy atom. The van der Waals surface area contributed by atoms with E-state index in [1.807, 2.05) is 17.0 Å². The highest BCUT2D eigenvalue weighted by Gasteiger charge is 2.34. The van der Waals surface area contributed by atoms with Crippen LogP contribution in [0, 0.1) is 0 Å². The maximum absolute atomic E-state index is 13.0. The van der Waals surface area contributed by atoms with Crippen molar-refractivity contribution in [3.63, 3.8) is 0 Å². The molecule has 1 aliphatic rings. The highest BCUT2D eigenvalue weighted by atomic mass is 79.9. The van der Waals surface area contributed by atoms with Gasteiger partial charge in [0.25, 0.3) is 5.92 Å². The molecule has 0 radical (unpaired) electrons. The zero-order chi connectivity index (χ0) is 12.5. The van der Waals surface area contributed by atoms with Crippen LogP contribution in [-0.4, -0.2) is 28.9 Å². The van der Waals surface area contributed by atoms with E-state index in [2.05, 4.69) is 27.5 Å². The Labute approximate surface area is 107 Å². The second-order valence-corrected chi connectivity index (χ2v) is 4.97. The minimum atomic E-state index is -2.52. The van der Waals surface area contributed by atoms with E-state index in [-0.39, 0.29) is 12.8 Å². The van der Waals surface area contributed by atoms with E-state index in [1.165, 1.54) is 0 Å². The minimum Gasteiger partial charge on any atom is -0.371 e. The van der Waals surface area contributed by atoms with Gasteiger partial charge in [-0.15, -0.1) is 0 Å². The third-order valence-electron chi connectivity index (χ3n) is 2.94. The van der Waals surface area contributed by atoms with E-state index in [9.17, 15) is 8.78 Å². The second kappa shape index (κ2) is 4.72. The number of hydrogen-bond donors (Lipinski definition) is 0. The van der Waals surface area contributed by atoms with E-state index in [0.717, 1.165) is 15.9 Å². The normalized spacial score (nSPS) is 19.1. The molecule has 1 aromatic rings. The Hall–Kier alpha value is -0.970. The first-order valence-corrected chi connectivity index (χ1v) is 6.21. The lowest BCUT2D eigenvalue weighted by atomic mass is 10.1. The number of piperidine rings is 1. The van der Waals surface area contributed by atoms with Crippen LogP contribution >= 0.6 is 15.9 Å². The summed E-state index contributed by atoms with van der Waals surface area (Å²) in [6, 6.07) is 3.70. The first kappa shape index (κ1) is 12.5. The van der Waals surface area contributed by atoms with Crippen molar-refractivity contribution in [2.75, 3.05) is 13.1 Å². The van der Waals surface area contributed by atoms with Crippen molar-refractivity contribution in [2.45, 2.75) is 18.8 Å². The number of alkyl halides is 2. The van der Waals surface area contributed by atoms with Crippen LogP contribution < -0.4 is 0 Å². The largest absolute Gasteiger partial charge is 0.371 e. The van der Waals surface area contributed by atoms with Crippen molar-refractivity contribution in [1.82, 2.24) is 9.88 Å². The van der Waals surface area contributed by atoms with E-state index in [1.54, 1.807) is 6.20 Å². The molecule has 5 heteroatoms. The van der Waals surface area contributed by atoms with Gasteiger partial charge in [-0.05, 0) is 28.1 Å². The summed E-state index contributed by atoms with van der Waals surface area (Å²) in [4.78, 5) is 6.00. The van der Waals surface area contributed by atoms with E-state index < -0.39 is 5.92 Å². The molecule has 0 amide bonds. The molecule has 0 atom stereocenters. The van der Waals surface area contributed by atoms with E-state index >= 15 is 0 Å². The van der Waals surface area contributed by atoms with Gasteiger partial charge in [0.05, 0.1) is 0 Å². The molecule has 0 spiro atoms. The molecule has 92 valence electrons. The molecule has 1 saturated heterocycles. The number of likely N-dealkylation sites (tertiary alicyclic amines) is 1. The van der Waals surface area contributed by atoms with Gasteiger partial charge in [0.2, 0.25) is 0 Å². The number of nitrogens with zero attached hydrogens (tertiary/aromatic N) is 2. The molecule has 2 nitrogen and oxygen atoms in total. The highest BCUT2D eigenvalue weighted by molar-refractivity contribution is 9.10. The number of halogens is 3. The summed E-state index contributed by atoms with van der Waals surface area (Å²) in [5.41, 5.74) is 1.64. The maximum atomic E-state index is 13.0. The van der Waals surface area contributed by atoms with Crippen LogP contribution in [0.1, 0.15) is 18.4 Å². The van der Waals surface area contributed by atoms with Crippen LogP contribution in [0.15, 0.2) is 29.5 Å². The van der Waals surface area contributed by atoms with Crippen LogP contribution in [0.4, 0.5) is 8.78 Å². The number of aromatic nitrogens is 1. The molecular formula is C12H13BrF2N2. The molecule has 0 aromatic carbocycles. The van der Waals surface area contributed by atoms with Crippen molar-refractivity contribution in [3.8, 4) is 0 Å². The summed E-state index contributed by atoms with van der Waals surface area (Å²) >= 11 is 3.25. The smallest absolute Gasteiger partial charge is 0.251 e. The second-order valence-electron chi connectivity index (χ2n) is 4.16. The number of rotatable bonds is 2. The highest BCUT2D eigenvalue weighted by Crippen LogP contribution is 2.31. The quantitative estimate of drug-likeness (QED) is 0.777. The van der Waals surface area contributed by atoms with Gasteiger partial charge in [-0.2, -0.15) is 0 Å². The Morgan fingerprint density at radius 2 is 2.00 bits per heavy atom. The monoisotopic (exact) mass is 302 g/mol. The van der Waals surface area contributed by atoms with Crippen molar-refractivity contribution >= 4 is 21.6 Å². The van der Waals surface area contributed by atoms with Gasteiger partial charge in [-0.1, -0.05) is 6.58 Å². The van der Waals surface area contributed by atoms with Crippen LogP contribution in [0.25, 0.3) is 5.70 Å². The van der Waals surface area contributed by atoms with E-state index in [4.69, 9.17) is 0 Å². The number of hydrogen-bond acceptors (Lipinski definition) is 2. The maximum Gasteiger partial charge on any atom is 0.251 e. The summed E-state index contributed by atoms with van der Waals surface area (Å²) < 4.78 is 26.8. The molecule has 17 heavy (non-hydrogen) atoms. The Kier molecular flexibility index (Phi) is 3.47. The lowest BCUT2D eigenvalue weighted by Crippen LogP contribution is -2.38. The molecular weight excluding hydrogens is 290 g/mol. The van der Waals surface area contributed by atoms with Crippen molar-refractivity contribution in [3.05, 3.63) is 35.1 Å². The number of pyridine rings is 1. The Balaban J connectivity index is 2.04. The zero-order valence-corrected chi connectivity index (χ0v) is 10.9. The lowest BCUT2D eigenvalue weighted by Gasteiger charge is -2.34. The van der Waals surface area contributed by atoms with E-state index in [0.29, 0.717) is 13.1 Å². The van der Waals surface area contributed by atoms with Gasteiger partial charge < -0.3 is 4.90 Å². The summed E-state index contributed by atoms with van der Waals surface area (Å²) in [5.74, 6) is -2.52. The zero-order valence-electron chi connectivity index (χ0n) is 9.30. The molecule has 2 heterocycles. The van der Waals surface area contributed by atoms with Crippen molar-refractivity contribution in [1.29, 1.82) is 0 Å². The summed E-state index contributed by atoms with van der Waals surface area (Å²) in [6.07, 6.45) is 1.49. The summed E-state index contributed by atoms with van der Waals surface area (Å²) in [6.45, 7) is 4.65. The van der Waals surface area contributed by atoms with Crippen LogP contribution in [0.3, 0.4) is 0 Å². The summed E-state index contributed by atoms with van der Waals surface area (Å²) in [5, 5.41) is 0. The molecule has 0 bridgehead atoms. The molecule has 0 unspecified atom stereocenters. The average Bonchev–Trinajstić information content (AvgIpc) is 2.29. The summed E-state index contributed by atoms with van der Waals surface area (Å²) in [7, 11) is 0. The topological polar surface area (TPSA) is 16.1 Å². The van der Waals surface area contributed by atoms with Gasteiger partial charge in [-0.3, -0.25) is 0 Å². The fourth-order valence-corrected chi connectivity index (χ4v) is 2.07. The fraction of sp³-hybridized carbons (Fsp3) is 0.417. The van der Waals surface area contributed by atoms with Crippen LogP contribution in [0.2, 0.25) is 0 Å². The average molecular weight is 303 g/mol. The Bertz CT molecular complexity index is 407. The fourth-order valence-electron chi connectivity index (χ4n) is 1.83.